The smallest absolute Gasteiger partial charge is 0.263 e. The summed E-state index contributed by atoms with van der Waals surface area (Å²) in [6.07, 6.45) is 1.12. The molecule has 4 nitrogen and oxygen atoms in total. The largest absolute Gasteiger partial charge is 0.481 e. The van der Waals surface area contributed by atoms with E-state index in [4.69, 9.17) is 33.7 Å². The minimum Gasteiger partial charge on any atom is -0.481 e. The molecule has 1 aromatic rings. The summed E-state index contributed by atoms with van der Waals surface area (Å²) in [5.74, 6) is 0.511. The lowest BCUT2D eigenvalue weighted by Crippen LogP contribution is -2.47. The third-order valence-electron chi connectivity index (χ3n) is 3.40. The zero-order chi connectivity index (χ0) is 14.7. The number of rotatable bonds is 3. The van der Waals surface area contributed by atoms with Crippen molar-refractivity contribution in [3.63, 3.8) is 0 Å². The fourth-order valence-corrected chi connectivity index (χ4v) is 2.47. The Morgan fingerprint density at radius 2 is 2.00 bits per heavy atom. The van der Waals surface area contributed by atoms with Crippen LogP contribution in [0.1, 0.15) is 19.8 Å². The number of nitrogens with zero attached hydrogens (tertiary/aromatic N) is 1. The van der Waals surface area contributed by atoms with Crippen LogP contribution in [0.15, 0.2) is 18.2 Å². The maximum atomic E-state index is 12.3. The van der Waals surface area contributed by atoms with Gasteiger partial charge in [0.15, 0.2) is 6.10 Å². The lowest BCUT2D eigenvalue weighted by Gasteiger charge is -2.32. The van der Waals surface area contributed by atoms with Crippen LogP contribution in [-0.4, -0.2) is 36.0 Å². The maximum absolute atomic E-state index is 12.3. The van der Waals surface area contributed by atoms with Crippen LogP contribution >= 0.6 is 23.2 Å². The first-order valence-corrected chi connectivity index (χ1v) is 7.39. The molecule has 1 amide bonds. The molecule has 110 valence electrons. The Morgan fingerprint density at radius 3 is 2.60 bits per heavy atom. The number of benzene rings is 1. The first-order valence-electron chi connectivity index (χ1n) is 6.63. The fourth-order valence-electron chi connectivity index (χ4n) is 2.18. The molecule has 1 atom stereocenters. The van der Waals surface area contributed by atoms with E-state index in [2.05, 4.69) is 0 Å². The Balaban J connectivity index is 1.95. The summed E-state index contributed by atoms with van der Waals surface area (Å²) in [5.41, 5.74) is 5.83. The monoisotopic (exact) mass is 316 g/mol. The molecule has 1 heterocycles. The van der Waals surface area contributed by atoms with Gasteiger partial charge in [0.2, 0.25) is 0 Å². The number of hydrogen-bond donors (Lipinski definition) is 1. The quantitative estimate of drug-likeness (QED) is 0.932. The molecule has 0 bridgehead atoms. The van der Waals surface area contributed by atoms with E-state index in [0.717, 1.165) is 12.8 Å². The summed E-state index contributed by atoms with van der Waals surface area (Å²) in [7, 11) is 0. The van der Waals surface area contributed by atoms with Crippen molar-refractivity contribution in [3.8, 4) is 5.75 Å². The Kier molecular flexibility index (Phi) is 5.13. The van der Waals surface area contributed by atoms with Crippen LogP contribution in [0.5, 0.6) is 5.75 Å². The van der Waals surface area contributed by atoms with E-state index >= 15 is 0 Å². The minimum absolute atomic E-state index is 0.0250. The normalized spacial score (nSPS) is 17.9. The van der Waals surface area contributed by atoms with E-state index in [9.17, 15) is 4.79 Å². The molecule has 1 aromatic carbocycles. The van der Waals surface area contributed by atoms with Crippen LogP contribution in [-0.2, 0) is 4.79 Å². The number of carbonyl (C=O) groups excluding carboxylic acids is 1. The Bertz CT molecular complexity index is 488. The van der Waals surface area contributed by atoms with Gasteiger partial charge in [-0.2, -0.15) is 0 Å². The van der Waals surface area contributed by atoms with Gasteiger partial charge < -0.3 is 15.4 Å². The molecule has 0 spiro atoms. The molecule has 6 heteroatoms. The average Bonchev–Trinajstić information content (AvgIpc) is 2.43. The van der Waals surface area contributed by atoms with Crippen LogP contribution in [0.25, 0.3) is 0 Å². The number of piperidine rings is 1. The van der Waals surface area contributed by atoms with Crippen molar-refractivity contribution in [2.45, 2.75) is 31.9 Å². The number of likely N-dealkylation sites (tertiary alicyclic amines) is 1. The van der Waals surface area contributed by atoms with Crippen LogP contribution in [0.2, 0.25) is 10.0 Å². The van der Waals surface area contributed by atoms with Gasteiger partial charge >= 0.3 is 0 Å². The van der Waals surface area contributed by atoms with Crippen molar-refractivity contribution in [2.75, 3.05) is 13.1 Å². The zero-order valence-corrected chi connectivity index (χ0v) is 12.8. The van der Waals surface area contributed by atoms with E-state index in [-0.39, 0.29) is 11.9 Å². The van der Waals surface area contributed by atoms with Gasteiger partial charge in [0.25, 0.3) is 5.91 Å². The molecule has 1 unspecified atom stereocenters. The van der Waals surface area contributed by atoms with Crippen molar-refractivity contribution in [2.24, 2.45) is 5.73 Å². The molecule has 0 radical (unpaired) electrons. The Hall–Kier alpha value is -0.970. The molecule has 0 aliphatic carbocycles. The number of halogens is 2. The van der Waals surface area contributed by atoms with E-state index in [1.807, 2.05) is 0 Å². The summed E-state index contributed by atoms with van der Waals surface area (Å²) in [5, 5.41) is 0.871. The van der Waals surface area contributed by atoms with E-state index < -0.39 is 6.10 Å². The van der Waals surface area contributed by atoms with Gasteiger partial charge in [0, 0.05) is 25.2 Å². The van der Waals surface area contributed by atoms with E-state index in [1.54, 1.807) is 30.0 Å². The standard InChI is InChI=1S/C14H18Cl2N2O2/c1-9(14(19)18-6-4-10(17)5-7-18)20-11-2-3-12(15)13(16)8-11/h2-3,8-10H,4-7,17H2,1H3. The highest BCUT2D eigenvalue weighted by Crippen LogP contribution is 2.27. The summed E-state index contributed by atoms with van der Waals surface area (Å²) in [6, 6.07) is 5.16. The molecule has 1 fully saturated rings. The van der Waals surface area contributed by atoms with E-state index in [0.29, 0.717) is 28.9 Å². The lowest BCUT2D eigenvalue weighted by molar-refractivity contribution is -0.139. The van der Waals surface area contributed by atoms with Gasteiger partial charge in [-0.15, -0.1) is 0 Å². The number of amides is 1. The zero-order valence-electron chi connectivity index (χ0n) is 11.3. The van der Waals surface area contributed by atoms with Gasteiger partial charge in [0.05, 0.1) is 10.0 Å². The van der Waals surface area contributed by atoms with Gasteiger partial charge in [-0.05, 0) is 31.9 Å². The third-order valence-corrected chi connectivity index (χ3v) is 4.14. The second-order valence-electron chi connectivity index (χ2n) is 5.00. The lowest BCUT2D eigenvalue weighted by atomic mass is 10.1. The molecule has 1 saturated heterocycles. The Morgan fingerprint density at radius 1 is 1.35 bits per heavy atom. The molecule has 2 N–H and O–H groups in total. The molecule has 0 aromatic heterocycles. The van der Waals surface area contributed by atoms with Crippen molar-refractivity contribution < 1.29 is 9.53 Å². The third kappa shape index (κ3) is 3.78. The molecule has 1 aliphatic heterocycles. The maximum Gasteiger partial charge on any atom is 0.263 e. The number of hydrogen-bond acceptors (Lipinski definition) is 3. The highest BCUT2D eigenvalue weighted by Gasteiger charge is 2.25. The van der Waals surface area contributed by atoms with Gasteiger partial charge in [-0.25, -0.2) is 0 Å². The summed E-state index contributed by atoms with van der Waals surface area (Å²) >= 11 is 11.8. The van der Waals surface area contributed by atoms with Gasteiger partial charge in [-0.3, -0.25) is 4.79 Å². The predicted octanol–water partition coefficient (Wildman–Crippen LogP) is 2.71. The SMILES string of the molecule is CC(Oc1ccc(Cl)c(Cl)c1)C(=O)N1CCC(N)CC1. The number of carbonyl (C=O) groups is 1. The molecular weight excluding hydrogens is 299 g/mol. The Labute approximate surface area is 128 Å². The van der Waals surface area contributed by atoms with Crippen molar-refractivity contribution in [1.29, 1.82) is 0 Å². The second-order valence-corrected chi connectivity index (χ2v) is 5.81. The first-order chi connectivity index (χ1) is 9.47. The van der Waals surface area contributed by atoms with Crippen LogP contribution in [0.4, 0.5) is 0 Å². The van der Waals surface area contributed by atoms with Crippen LogP contribution in [0.3, 0.4) is 0 Å². The summed E-state index contributed by atoms with van der Waals surface area (Å²) < 4.78 is 5.63. The van der Waals surface area contributed by atoms with Crippen LogP contribution in [0, 0.1) is 0 Å². The average molecular weight is 317 g/mol. The highest BCUT2D eigenvalue weighted by atomic mass is 35.5. The topological polar surface area (TPSA) is 55.6 Å². The molecule has 0 saturated carbocycles. The fraction of sp³-hybridized carbons (Fsp3) is 0.500. The van der Waals surface area contributed by atoms with Crippen molar-refractivity contribution >= 4 is 29.1 Å². The molecule has 1 aliphatic rings. The van der Waals surface area contributed by atoms with Gasteiger partial charge in [-0.1, -0.05) is 23.2 Å². The molecule has 20 heavy (non-hydrogen) atoms. The molecular formula is C14H18Cl2N2O2. The summed E-state index contributed by atoms with van der Waals surface area (Å²) in [6.45, 7) is 3.11. The molecule has 2 rings (SSSR count). The first kappa shape index (κ1) is 15.4. The number of ether oxygens (including phenoxy) is 1. The van der Waals surface area contributed by atoms with Crippen molar-refractivity contribution in [1.82, 2.24) is 4.90 Å². The summed E-state index contributed by atoms with van der Waals surface area (Å²) in [4.78, 5) is 14.1. The predicted molar refractivity (Wildman–Crippen MR) is 80.3 cm³/mol. The minimum atomic E-state index is -0.554. The van der Waals surface area contributed by atoms with Crippen LogP contribution < -0.4 is 10.5 Å². The highest BCUT2D eigenvalue weighted by molar-refractivity contribution is 6.42. The number of nitrogens with two attached hydrogens (primary N) is 1. The second kappa shape index (κ2) is 6.66. The van der Waals surface area contributed by atoms with E-state index in [1.165, 1.54) is 0 Å². The van der Waals surface area contributed by atoms with Crippen molar-refractivity contribution in [3.05, 3.63) is 28.2 Å². The van der Waals surface area contributed by atoms with Gasteiger partial charge in [0.1, 0.15) is 5.75 Å².